The predicted octanol–water partition coefficient (Wildman–Crippen LogP) is 3.51. The molecule has 0 aromatic carbocycles. The molecule has 0 unspecified atom stereocenters. The Morgan fingerprint density at radius 1 is 1.15 bits per heavy atom. The molecule has 0 radical (unpaired) electrons. The van der Waals surface area contributed by atoms with Crippen molar-refractivity contribution in [3.63, 3.8) is 0 Å². The molecule has 0 bridgehead atoms. The molecular weight excluding hydrogens is 158 g/mol. The van der Waals surface area contributed by atoms with Crippen LogP contribution in [0.5, 0.6) is 0 Å². The highest BCUT2D eigenvalue weighted by Gasteiger charge is 2.43. The molecule has 2 fully saturated rings. The number of nitriles is 1. The fraction of sp³-hybridized carbons (Fsp3) is 0.917. The third-order valence-corrected chi connectivity index (χ3v) is 4.25. The van der Waals surface area contributed by atoms with Crippen LogP contribution in [0.4, 0.5) is 0 Å². The van der Waals surface area contributed by atoms with Crippen molar-refractivity contribution in [2.75, 3.05) is 0 Å². The lowest BCUT2D eigenvalue weighted by Crippen LogP contribution is -2.37. The van der Waals surface area contributed by atoms with Gasteiger partial charge in [-0.2, -0.15) is 5.26 Å². The average molecular weight is 177 g/mol. The quantitative estimate of drug-likeness (QED) is 0.555. The molecule has 0 aromatic rings. The van der Waals surface area contributed by atoms with Gasteiger partial charge in [0.05, 0.1) is 11.5 Å². The molecule has 13 heavy (non-hydrogen) atoms. The smallest absolute Gasteiger partial charge is 0.0689 e. The molecule has 0 saturated heterocycles. The van der Waals surface area contributed by atoms with Crippen molar-refractivity contribution in [3.05, 3.63) is 0 Å². The van der Waals surface area contributed by atoms with Crippen LogP contribution in [0.25, 0.3) is 0 Å². The maximum Gasteiger partial charge on any atom is 0.0689 e. The Balaban J connectivity index is 2.17. The van der Waals surface area contributed by atoms with Gasteiger partial charge in [0.25, 0.3) is 0 Å². The third kappa shape index (κ3) is 1.47. The molecule has 0 spiro atoms. The van der Waals surface area contributed by atoms with Crippen molar-refractivity contribution in [2.24, 2.45) is 17.3 Å². The van der Waals surface area contributed by atoms with Gasteiger partial charge >= 0.3 is 0 Å². The molecule has 2 saturated carbocycles. The summed E-state index contributed by atoms with van der Waals surface area (Å²) in [5.74, 6) is 1.60. The zero-order valence-electron chi connectivity index (χ0n) is 8.55. The minimum atomic E-state index is 0.0172. The largest absolute Gasteiger partial charge is 0.198 e. The average Bonchev–Trinajstić information content (AvgIpc) is 2.19. The second kappa shape index (κ2) is 3.33. The Bertz CT molecular complexity index is 226. The molecule has 2 rings (SSSR count). The van der Waals surface area contributed by atoms with Gasteiger partial charge < -0.3 is 0 Å². The van der Waals surface area contributed by atoms with Crippen LogP contribution in [-0.4, -0.2) is 0 Å². The Morgan fingerprint density at radius 3 is 2.62 bits per heavy atom. The van der Waals surface area contributed by atoms with Crippen molar-refractivity contribution in [1.29, 1.82) is 5.26 Å². The van der Waals surface area contributed by atoms with E-state index in [1.165, 1.54) is 38.5 Å². The van der Waals surface area contributed by atoms with Gasteiger partial charge in [0, 0.05) is 0 Å². The van der Waals surface area contributed by atoms with Gasteiger partial charge in [-0.05, 0) is 31.6 Å². The minimum Gasteiger partial charge on any atom is -0.198 e. The Kier molecular flexibility index (Phi) is 2.32. The summed E-state index contributed by atoms with van der Waals surface area (Å²) in [6, 6.07) is 2.58. The molecule has 72 valence electrons. The van der Waals surface area contributed by atoms with Crippen LogP contribution in [-0.2, 0) is 0 Å². The van der Waals surface area contributed by atoms with Gasteiger partial charge in [0.2, 0.25) is 0 Å². The molecule has 1 heteroatoms. The van der Waals surface area contributed by atoms with E-state index in [0.717, 1.165) is 18.3 Å². The first-order valence-corrected chi connectivity index (χ1v) is 5.67. The van der Waals surface area contributed by atoms with Crippen LogP contribution < -0.4 is 0 Å². The summed E-state index contributed by atoms with van der Waals surface area (Å²) in [5, 5.41) is 9.24. The molecule has 0 aromatic heterocycles. The fourth-order valence-electron chi connectivity index (χ4n) is 3.45. The first kappa shape index (κ1) is 9.06. The molecule has 0 heterocycles. The lowest BCUT2D eigenvalue weighted by atomic mass is 9.59. The zero-order valence-corrected chi connectivity index (χ0v) is 8.55. The van der Waals surface area contributed by atoms with E-state index in [1.54, 1.807) is 0 Å². The molecule has 0 aliphatic heterocycles. The van der Waals surface area contributed by atoms with Crippen LogP contribution in [0.15, 0.2) is 0 Å². The number of fused-ring (bicyclic) bond motifs is 1. The predicted molar refractivity (Wildman–Crippen MR) is 53.0 cm³/mol. The Labute approximate surface area is 81.1 Å². The van der Waals surface area contributed by atoms with Gasteiger partial charge in [0.1, 0.15) is 0 Å². The lowest BCUT2D eigenvalue weighted by Gasteiger charge is -2.44. The lowest BCUT2D eigenvalue weighted by molar-refractivity contribution is 0.0676. The topological polar surface area (TPSA) is 23.8 Å². The molecule has 2 aliphatic rings. The molecule has 0 N–H and O–H groups in total. The van der Waals surface area contributed by atoms with E-state index in [0.29, 0.717) is 0 Å². The summed E-state index contributed by atoms with van der Waals surface area (Å²) in [7, 11) is 0. The van der Waals surface area contributed by atoms with Gasteiger partial charge in [-0.25, -0.2) is 0 Å². The first-order chi connectivity index (χ1) is 6.26. The van der Waals surface area contributed by atoms with Crippen LogP contribution in [0, 0.1) is 28.6 Å². The van der Waals surface area contributed by atoms with E-state index in [-0.39, 0.29) is 5.41 Å². The van der Waals surface area contributed by atoms with Crippen molar-refractivity contribution in [2.45, 2.75) is 51.9 Å². The van der Waals surface area contributed by atoms with Crippen LogP contribution in [0.1, 0.15) is 51.9 Å². The molecule has 0 amide bonds. The highest BCUT2D eigenvalue weighted by molar-refractivity contribution is 5.04. The summed E-state index contributed by atoms with van der Waals surface area (Å²) in [6.07, 6.45) is 9.29. The van der Waals surface area contributed by atoms with Gasteiger partial charge in [-0.1, -0.05) is 32.1 Å². The number of hydrogen-bond acceptors (Lipinski definition) is 1. The van der Waals surface area contributed by atoms with E-state index in [9.17, 15) is 5.26 Å². The number of nitrogens with zero attached hydrogens (tertiary/aromatic N) is 1. The number of hydrogen-bond donors (Lipinski definition) is 0. The van der Waals surface area contributed by atoms with Crippen LogP contribution >= 0.6 is 0 Å². The SMILES string of the molecule is C[C@]1(C#N)CCC[C@H]2CCCC[C@@H]21. The standard InChI is InChI=1S/C12H19N/c1-12(9-13)8-4-6-10-5-2-3-7-11(10)12/h10-11H,2-8H2,1H3/t10-,11+,12-/m1/s1. The highest BCUT2D eigenvalue weighted by atomic mass is 14.5. The van der Waals surface area contributed by atoms with Crippen LogP contribution in [0.2, 0.25) is 0 Å². The summed E-state index contributed by atoms with van der Waals surface area (Å²) in [4.78, 5) is 0. The van der Waals surface area contributed by atoms with E-state index in [4.69, 9.17) is 0 Å². The summed E-state index contributed by atoms with van der Waals surface area (Å²) >= 11 is 0. The normalized spacial score (nSPS) is 44.9. The van der Waals surface area contributed by atoms with E-state index in [2.05, 4.69) is 13.0 Å². The third-order valence-electron chi connectivity index (χ3n) is 4.25. The molecule has 2 aliphatic carbocycles. The fourth-order valence-corrected chi connectivity index (χ4v) is 3.45. The van der Waals surface area contributed by atoms with Crippen LogP contribution in [0.3, 0.4) is 0 Å². The van der Waals surface area contributed by atoms with Gasteiger partial charge in [-0.15, -0.1) is 0 Å². The second-order valence-electron chi connectivity index (χ2n) is 5.07. The minimum absolute atomic E-state index is 0.0172. The second-order valence-corrected chi connectivity index (χ2v) is 5.07. The molecule has 1 nitrogen and oxygen atoms in total. The summed E-state index contributed by atoms with van der Waals surface area (Å²) in [5.41, 5.74) is 0.0172. The monoisotopic (exact) mass is 177 g/mol. The van der Waals surface area contributed by atoms with Gasteiger partial charge in [-0.3, -0.25) is 0 Å². The first-order valence-electron chi connectivity index (χ1n) is 5.67. The van der Waals surface area contributed by atoms with E-state index in [1.807, 2.05) is 0 Å². The highest BCUT2D eigenvalue weighted by Crippen LogP contribution is 2.50. The number of rotatable bonds is 0. The summed E-state index contributed by atoms with van der Waals surface area (Å²) < 4.78 is 0. The summed E-state index contributed by atoms with van der Waals surface area (Å²) in [6.45, 7) is 2.19. The van der Waals surface area contributed by atoms with Gasteiger partial charge in [0.15, 0.2) is 0 Å². The molecular formula is C12H19N. The van der Waals surface area contributed by atoms with Crippen molar-refractivity contribution in [3.8, 4) is 6.07 Å². The molecule has 3 atom stereocenters. The van der Waals surface area contributed by atoms with E-state index >= 15 is 0 Å². The Morgan fingerprint density at radius 2 is 1.85 bits per heavy atom. The van der Waals surface area contributed by atoms with E-state index < -0.39 is 0 Å². The zero-order chi connectivity index (χ0) is 9.31. The maximum absolute atomic E-state index is 9.24. The Hall–Kier alpha value is -0.510. The maximum atomic E-state index is 9.24. The van der Waals surface area contributed by atoms with Crippen molar-refractivity contribution >= 4 is 0 Å². The van der Waals surface area contributed by atoms with Crippen molar-refractivity contribution in [1.82, 2.24) is 0 Å². The van der Waals surface area contributed by atoms with Crippen molar-refractivity contribution < 1.29 is 0 Å².